The van der Waals surface area contributed by atoms with E-state index in [-0.39, 0.29) is 5.91 Å². The first kappa shape index (κ1) is 22.9. The molecule has 166 valence electrons. The minimum Gasteiger partial charge on any atom is -0.494 e. The van der Waals surface area contributed by atoms with Gasteiger partial charge < -0.3 is 19.5 Å². The van der Waals surface area contributed by atoms with Crippen LogP contribution >= 0.6 is 0 Å². The minimum atomic E-state index is -0.215. The van der Waals surface area contributed by atoms with Crippen LogP contribution in [0.5, 0.6) is 17.2 Å². The van der Waals surface area contributed by atoms with Crippen LogP contribution in [0.2, 0.25) is 0 Å². The highest BCUT2D eigenvalue weighted by atomic mass is 16.5. The Kier molecular flexibility index (Phi) is 8.75. The van der Waals surface area contributed by atoms with E-state index < -0.39 is 0 Å². The van der Waals surface area contributed by atoms with Crippen LogP contribution in [0.3, 0.4) is 0 Å². The molecule has 0 unspecified atom stereocenters. The molecule has 1 N–H and O–H groups in total. The third kappa shape index (κ3) is 7.20. The number of unbranched alkanes of at least 4 members (excludes halogenated alkanes) is 1. The third-order valence-corrected chi connectivity index (χ3v) is 4.74. The summed E-state index contributed by atoms with van der Waals surface area (Å²) < 4.78 is 17.0. The molecule has 0 aliphatic carbocycles. The number of benzene rings is 3. The van der Waals surface area contributed by atoms with Gasteiger partial charge in [-0.15, -0.1) is 0 Å². The highest BCUT2D eigenvalue weighted by Crippen LogP contribution is 2.29. The number of amides is 1. The summed E-state index contributed by atoms with van der Waals surface area (Å²) in [6, 6.07) is 22.9. The molecule has 0 bridgehead atoms. The van der Waals surface area contributed by atoms with Gasteiger partial charge in [0.15, 0.2) is 11.5 Å². The SMILES string of the molecule is CCCCOc1ccc(NC(=O)C=Cc2ccc(OCc3ccccc3)c(OC)c2)cc1. The zero-order valence-corrected chi connectivity index (χ0v) is 18.5. The van der Waals surface area contributed by atoms with Crippen LogP contribution in [-0.4, -0.2) is 19.6 Å². The normalized spacial score (nSPS) is 10.7. The summed E-state index contributed by atoms with van der Waals surface area (Å²) in [6.07, 6.45) is 5.34. The number of anilines is 1. The van der Waals surface area contributed by atoms with Crippen LogP contribution < -0.4 is 19.5 Å². The molecule has 0 radical (unpaired) electrons. The molecule has 5 heteroatoms. The Balaban J connectivity index is 1.55. The monoisotopic (exact) mass is 431 g/mol. The Hall–Kier alpha value is -3.73. The Morgan fingerprint density at radius 3 is 2.44 bits per heavy atom. The highest BCUT2D eigenvalue weighted by molar-refractivity contribution is 6.01. The molecule has 1 amide bonds. The number of nitrogens with one attached hydrogen (secondary N) is 1. The largest absolute Gasteiger partial charge is 0.494 e. The van der Waals surface area contributed by atoms with E-state index in [1.54, 1.807) is 13.2 Å². The van der Waals surface area contributed by atoms with E-state index in [0.717, 1.165) is 29.7 Å². The number of carbonyl (C=O) groups is 1. The van der Waals surface area contributed by atoms with Crippen LogP contribution in [0.25, 0.3) is 6.08 Å². The second-order valence-corrected chi connectivity index (χ2v) is 7.23. The van der Waals surface area contributed by atoms with Crippen molar-refractivity contribution in [3.63, 3.8) is 0 Å². The van der Waals surface area contributed by atoms with Crippen molar-refractivity contribution in [3.8, 4) is 17.2 Å². The molecule has 0 saturated carbocycles. The first-order valence-corrected chi connectivity index (χ1v) is 10.7. The molecule has 0 saturated heterocycles. The molecule has 3 aromatic carbocycles. The number of rotatable bonds is 11. The van der Waals surface area contributed by atoms with Crippen molar-refractivity contribution in [2.75, 3.05) is 19.0 Å². The standard InChI is InChI=1S/C27H29NO4/c1-3-4-18-31-24-14-12-23(13-15-24)28-27(29)17-11-21-10-16-25(26(19-21)30-2)32-20-22-8-6-5-7-9-22/h5-17,19H,3-4,18,20H2,1-2H3,(H,28,29). The van der Waals surface area contributed by atoms with E-state index in [2.05, 4.69) is 12.2 Å². The Morgan fingerprint density at radius 1 is 0.938 bits per heavy atom. The lowest BCUT2D eigenvalue weighted by molar-refractivity contribution is -0.111. The molecular weight excluding hydrogens is 402 g/mol. The van der Waals surface area contributed by atoms with E-state index in [9.17, 15) is 4.79 Å². The Bertz CT molecular complexity index is 1010. The summed E-state index contributed by atoms with van der Waals surface area (Å²) in [7, 11) is 1.60. The van der Waals surface area contributed by atoms with Crippen molar-refractivity contribution < 1.29 is 19.0 Å². The molecule has 0 heterocycles. The predicted octanol–water partition coefficient (Wildman–Crippen LogP) is 6.11. The van der Waals surface area contributed by atoms with Crippen LogP contribution in [0.4, 0.5) is 5.69 Å². The minimum absolute atomic E-state index is 0.215. The number of hydrogen-bond donors (Lipinski definition) is 1. The molecule has 0 aliphatic rings. The van der Waals surface area contributed by atoms with Gasteiger partial charge in [0.05, 0.1) is 13.7 Å². The van der Waals surface area contributed by atoms with Crippen LogP contribution in [0, 0.1) is 0 Å². The van der Waals surface area contributed by atoms with Gasteiger partial charge in [0.2, 0.25) is 5.91 Å². The zero-order valence-electron chi connectivity index (χ0n) is 18.5. The van der Waals surface area contributed by atoms with Gasteiger partial charge >= 0.3 is 0 Å². The number of methoxy groups -OCH3 is 1. The van der Waals surface area contributed by atoms with Gasteiger partial charge in [0.25, 0.3) is 0 Å². The highest BCUT2D eigenvalue weighted by Gasteiger charge is 2.06. The molecule has 0 aliphatic heterocycles. The Labute approximate surface area is 189 Å². The molecule has 32 heavy (non-hydrogen) atoms. The summed E-state index contributed by atoms with van der Waals surface area (Å²) in [5, 5.41) is 2.85. The van der Waals surface area contributed by atoms with Crippen molar-refractivity contribution in [3.05, 3.63) is 90.0 Å². The Morgan fingerprint density at radius 2 is 1.72 bits per heavy atom. The summed E-state index contributed by atoms with van der Waals surface area (Å²) in [6.45, 7) is 3.28. The zero-order chi connectivity index (χ0) is 22.6. The first-order valence-electron chi connectivity index (χ1n) is 10.7. The van der Waals surface area contributed by atoms with Gasteiger partial charge in [-0.1, -0.05) is 49.7 Å². The van der Waals surface area contributed by atoms with Crippen molar-refractivity contribution >= 4 is 17.7 Å². The van der Waals surface area contributed by atoms with Gasteiger partial charge in [-0.2, -0.15) is 0 Å². The van der Waals surface area contributed by atoms with Gasteiger partial charge in [-0.25, -0.2) is 0 Å². The first-order chi connectivity index (χ1) is 15.7. The molecule has 0 spiro atoms. The fourth-order valence-corrected chi connectivity index (χ4v) is 2.97. The topological polar surface area (TPSA) is 56.8 Å². The van der Waals surface area contributed by atoms with E-state index >= 15 is 0 Å². The summed E-state index contributed by atoms with van der Waals surface area (Å²) in [5.41, 5.74) is 2.63. The maximum absolute atomic E-state index is 12.3. The lowest BCUT2D eigenvalue weighted by atomic mass is 10.2. The van der Waals surface area contributed by atoms with Crippen LogP contribution in [-0.2, 0) is 11.4 Å². The third-order valence-electron chi connectivity index (χ3n) is 4.74. The van der Waals surface area contributed by atoms with Crippen molar-refractivity contribution in [1.82, 2.24) is 0 Å². The van der Waals surface area contributed by atoms with Gasteiger partial charge in [0, 0.05) is 11.8 Å². The lowest BCUT2D eigenvalue weighted by Gasteiger charge is -2.11. The number of ether oxygens (including phenoxy) is 3. The molecule has 5 nitrogen and oxygen atoms in total. The number of hydrogen-bond acceptors (Lipinski definition) is 4. The molecule has 0 atom stereocenters. The molecule has 3 aromatic rings. The van der Waals surface area contributed by atoms with Gasteiger partial charge in [-0.3, -0.25) is 4.79 Å². The maximum Gasteiger partial charge on any atom is 0.248 e. The quantitative estimate of drug-likeness (QED) is 0.294. The second kappa shape index (κ2) is 12.2. The van der Waals surface area contributed by atoms with Gasteiger partial charge in [-0.05, 0) is 60.0 Å². The fraction of sp³-hybridized carbons (Fsp3) is 0.222. The summed E-state index contributed by atoms with van der Waals surface area (Å²) in [4.78, 5) is 12.3. The van der Waals surface area contributed by atoms with Crippen molar-refractivity contribution in [1.29, 1.82) is 0 Å². The molecule has 3 rings (SSSR count). The van der Waals surface area contributed by atoms with Gasteiger partial charge in [0.1, 0.15) is 12.4 Å². The van der Waals surface area contributed by atoms with Crippen molar-refractivity contribution in [2.45, 2.75) is 26.4 Å². The summed E-state index contributed by atoms with van der Waals surface area (Å²) in [5.74, 6) is 1.85. The smallest absolute Gasteiger partial charge is 0.248 e. The number of carbonyl (C=O) groups excluding carboxylic acids is 1. The van der Waals surface area contributed by atoms with E-state index in [0.29, 0.717) is 30.4 Å². The van der Waals surface area contributed by atoms with E-state index in [1.165, 1.54) is 6.08 Å². The maximum atomic E-state index is 12.3. The molecule has 0 fully saturated rings. The van der Waals surface area contributed by atoms with E-state index in [4.69, 9.17) is 14.2 Å². The average molecular weight is 432 g/mol. The fourth-order valence-electron chi connectivity index (χ4n) is 2.97. The average Bonchev–Trinajstić information content (AvgIpc) is 2.83. The van der Waals surface area contributed by atoms with Crippen molar-refractivity contribution in [2.24, 2.45) is 0 Å². The molecular formula is C27H29NO4. The molecule has 0 aromatic heterocycles. The summed E-state index contributed by atoms with van der Waals surface area (Å²) >= 11 is 0. The predicted molar refractivity (Wildman–Crippen MR) is 128 cm³/mol. The second-order valence-electron chi connectivity index (χ2n) is 7.23. The van der Waals surface area contributed by atoms with Crippen LogP contribution in [0.15, 0.2) is 78.9 Å². The van der Waals surface area contributed by atoms with E-state index in [1.807, 2.05) is 72.8 Å². The van der Waals surface area contributed by atoms with Crippen LogP contribution in [0.1, 0.15) is 30.9 Å². The lowest BCUT2D eigenvalue weighted by Crippen LogP contribution is -2.07.